The van der Waals surface area contributed by atoms with E-state index in [2.05, 4.69) is 36.3 Å². The highest BCUT2D eigenvalue weighted by Gasteiger charge is 2.26. The Morgan fingerprint density at radius 2 is 2.06 bits per heavy atom. The lowest BCUT2D eigenvalue weighted by molar-refractivity contribution is 0.414. The molecule has 3 nitrogen and oxygen atoms in total. The lowest BCUT2D eigenvalue weighted by atomic mass is 10.2. The first kappa shape index (κ1) is 12.3. The first-order valence-electron chi connectivity index (χ1n) is 5.69. The van der Waals surface area contributed by atoms with Crippen LogP contribution in [0.3, 0.4) is 0 Å². The molecule has 4 heteroatoms. The van der Waals surface area contributed by atoms with Crippen LogP contribution in [0.4, 0.5) is 0 Å². The van der Waals surface area contributed by atoms with Crippen molar-refractivity contribution >= 4 is 16.9 Å². The van der Waals surface area contributed by atoms with E-state index < -0.39 is 0 Å². The zero-order valence-electron chi connectivity index (χ0n) is 10.5. The molecule has 0 amide bonds. The van der Waals surface area contributed by atoms with E-state index in [0.29, 0.717) is 0 Å². The van der Waals surface area contributed by atoms with Crippen molar-refractivity contribution in [1.29, 1.82) is 0 Å². The molecule has 1 aromatic rings. The third-order valence-electron chi connectivity index (χ3n) is 2.58. The minimum Gasteiger partial charge on any atom is -0.497 e. The molecule has 17 heavy (non-hydrogen) atoms. The Labute approximate surface area is 107 Å². The van der Waals surface area contributed by atoms with Gasteiger partial charge < -0.3 is 10.1 Å². The van der Waals surface area contributed by atoms with Crippen LogP contribution in [0.5, 0.6) is 5.75 Å². The molecule has 0 aromatic heterocycles. The Morgan fingerprint density at radius 1 is 1.35 bits per heavy atom. The average Bonchev–Trinajstić information content (AvgIpc) is 2.67. The van der Waals surface area contributed by atoms with E-state index in [4.69, 9.17) is 4.74 Å². The van der Waals surface area contributed by atoms with Gasteiger partial charge in [-0.05, 0) is 31.5 Å². The molecule has 92 valence electrons. The van der Waals surface area contributed by atoms with Gasteiger partial charge in [-0.2, -0.15) is 0 Å². The molecule has 0 atom stereocenters. The number of rotatable bonds is 3. The van der Waals surface area contributed by atoms with E-state index in [1.807, 2.05) is 23.9 Å². The topological polar surface area (TPSA) is 33.6 Å². The van der Waals surface area contributed by atoms with E-state index in [1.54, 1.807) is 7.11 Å². The van der Waals surface area contributed by atoms with Gasteiger partial charge in [-0.15, -0.1) is 0 Å². The summed E-state index contributed by atoms with van der Waals surface area (Å²) in [5, 5.41) is 4.41. The molecule has 0 fully saturated rings. The highest BCUT2D eigenvalue weighted by molar-refractivity contribution is 8.15. The van der Waals surface area contributed by atoms with Crippen LogP contribution in [0, 0.1) is 0 Å². The highest BCUT2D eigenvalue weighted by atomic mass is 32.2. The van der Waals surface area contributed by atoms with Crippen LogP contribution in [-0.2, 0) is 6.54 Å². The van der Waals surface area contributed by atoms with Crippen molar-refractivity contribution in [3.05, 3.63) is 29.8 Å². The Balaban J connectivity index is 1.86. The smallest absolute Gasteiger partial charge is 0.157 e. The van der Waals surface area contributed by atoms with Crippen LogP contribution in [-0.4, -0.2) is 23.6 Å². The summed E-state index contributed by atoms with van der Waals surface area (Å²) in [5.74, 6) is 0.891. The second-order valence-corrected chi connectivity index (χ2v) is 6.38. The standard InChI is InChI=1S/C13H18N2OS/c1-13(2)9-15-12(17-13)14-8-10-4-6-11(16-3)7-5-10/h4-7H,8-9H2,1-3H3,(H,14,15). The number of nitrogens with one attached hydrogen (secondary N) is 1. The molecule has 0 saturated heterocycles. The van der Waals surface area contributed by atoms with Gasteiger partial charge in [0.1, 0.15) is 5.75 Å². The van der Waals surface area contributed by atoms with E-state index >= 15 is 0 Å². The third-order valence-corrected chi connectivity index (χ3v) is 3.73. The summed E-state index contributed by atoms with van der Waals surface area (Å²) in [6, 6.07) is 8.09. The van der Waals surface area contributed by atoms with Crippen molar-refractivity contribution in [2.24, 2.45) is 4.99 Å². The first-order chi connectivity index (χ1) is 8.09. The molecule has 2 rings (SSSR count). The van der Waals surface area contributed by atoms with Gasteiger partial charge >= 0.3 is 0 Å². The number of thioether (sulfide) groups is 1. The maximum absolute atomic E-state index is 5.13. The number of amidine groups is 1. The lowest BCUT2D eigenvalue weighted by Crippen LogP contribution is -2.21. The normalized spacial score (nSPS) is 17.7. The number of ether oxygens (including phenoxy) is 1. The Hall–Kier alpha value is -1.16. The molecule has 1 aliphatic rings. The van der Waals surface area contributed by atoms with Crippen molar-refractivity contribution in [2.45, 2.75) is 25.1 Å². The van der Waals surface area contributed by atoms with E-state index in [-0.39, 0.29) is 4.75 Å². The van der Waals surface area contributed by atoms with Crippen molar-refractivity contribution in [3.8, 4) is 5.75 Å². The molecule has 0 saturated carbocycles. The number of hydrogen-bond donors (Lipinski definition) is 1. The lowest BCUT2D eigenvalue weighted by Gasteiger charge is -2.14. The SMILES string of the molecule is COc1ccc(CNC2=NCC(C)(C)S2)cc1. The van der Waals surface area contributed by atoms with Gasteiger partial charge in [0.05, 0.1) is 13.7 Å². The summed E-state index contributed by atoms with van der Waals surface area (Å²) in [7, 11) is 1.68. The van der Waals surface area contributed by atoms with Crippen LogP contribution >= 0.6 is 11.8 Å². The fraction of sp³-hybridized carbons (Fsp3) is 0.462. The molecule has 0 bridgehead atoms. The second kappa shape index (κ2) is 5.00. The van der Waals surface area contributed by atoms with Crippen molar-refractivity contribution in [3.63, 3.8) is 0 Å². The van der Waals surface area contributed by atoms with Crippen LogP contribution in [0.2, 0.25) is 0 Å². The Bertz CT molecular complexity index is 412. The van der Waals surface area contributed by atoms with Gasteiger partial charge in [0.15, 0.2) is 5.17 Å². The summed E-state index contributed by atoms with van der Waals surface area (Å²) in [5.41, 5.74) is 1.24. The largest absolute Gasteiger partial charge is 0.497 e. The number of benzene rings is 1. The van der Waals surface area contributed by atoms with E-state index in [9.17, 15) is 0 Å². The fourth-order valence-corrected chi connectivity index (χ4v) is 2.53. The van der Waals surface area contributed by atoms with Gasteiger partial charge in [0.2, 0.25) is 0 Å². The zero-order valence-corrected chi connectivity index (χ0v) is 11.3. The van der Waals surface area contributed by atoms with E-state index in [0.717, 1.165) is 24.0 Å². The molecule has 1 N–H and O–H groups in total. The molecule has 1 aliphatic heterocycles. The second-order valence-electron chi connectivity index (χ2n) is 4.68. The summed E-state index contributed by atoms with van der Waals surface area (Å²) < 4.78 is 5.36. The van der Waals surface area contributed by atoms with Crippen LogP contribution in [0.1, 0.15) is 19.4 Å². The predicted octanol–water partition coefficient (Wildman–Crippen LogP) is 2.67. The summed E-state index contributed by atoms with van der Waals surface area (Å²) >= 11 is 1.81. The van der Waals surface area contributed by atoms with Crippen molar-refractivity contribution < 1.29 is 4.74 Å². The highest BCUT2D eigenvalue weighted by Crippen LogP contribution is 2.30. The maximum Gasteiger partial charge on any atom is 0.157 e. The molecular formula is C13H18N2OS. The number of hydrogen-bond acceptors (Lipinski definition) is 4. The van der Waals surface area contributed by atoms with Gasteiger partial charge in [0.25, 0.3) is 0 Å². The van der Waals surface area contributed by atoms with Crippen LogP contribution in [0.15, 0.2) is 29.3 Å². The summed E-state index contributed by atoms with van der Waals surface area (Å²) in [6.07, 6.45) is 0. The Morgan fingerprint density at radius 3 is 2.59 bits per heavy atom. The quantitative estimate of drug-likeness (QED) is 0.895. The Kier molecular flexibility index (Phi) is 3.62. The van der Waals surface area contributed by atoms with Crippen molar-refractivity contribution in [1.82, 2.24) is 5.32 Å². The van der Waals surface area contributed by atoms with Crippen LogP contribution < -0.4 is 10.1 Å². The molecule has 0 radical (unpaired) electrons. The van der Waals surface area contributed by atoms with Gasteiger partial charge in [-0.3, -0.25) is 4.99 Å². The molecule has 1 aromatic carbocycles. The van der Waals surface area contributed by atoms with Crippen LogP contribution in [0.25, 0.3) is 0 Å². The summed E-state index contributed by atoms with van der Waals surface area (Å²) in [6.45, 7) is 6.13. The van der Waals surface area contributed by atoms with Crippen molar-refractivity contribution in [2.75, 3.05) is 13.7 Å². The molecule has 0 unspecified atom stereocenters. The monoisotopic (exact) mass is 250 g/mol. The summed E-state index contributed by atoms with van der Waals surface area (Å²) in [4.78, 5) is 4.48. The van der Waals surface area contributed by atoms with Gasteiger partial charge in [-0.1, -0.05) is 23.9 Å². The van der Waals surface area contributed by atoms with E-state index in [1.165, 1.54) is 5.56 Å². The predicted molar refractivity (Wildman–Crippen MR) is 73.8 cm³/mol. The molecule has 1 heterocycles. The first-order valence-corrected chi connectivity index (χ1v) is 6.51. The van der Waals surface area contributed by atoms with Gasteiger partial charge in [0, 0.05) is 11.3 Å². The minimum absolute atomic E-state index is 0.238. The maximum atomic E-state index is 5.13. The zero-order chi connectivity index (χ0) is 12.3. The third kappa shape index (κ3) is 3.40. The number of methoxy groups -OCH3 is 1. The molecule has 0 spiro atoms. The average molecular weight is 250 g/mol. The molecular weight excluding hydrogens is 232 g/mol. The number of nitrogens with zero attached hydrogens (tertiary/aromatic N) is 1. The number of aliphatic imine (C=N–C) groups is 1. The fourth-order valence-electron chi connectivity index (χ4n) is 1.60. The molecule has 0 aliphatic carbocycles. The minimum atomic E-state index is 0.238. The van der Waals surface area contributed by atoms with Gasteiger partial charge in [-0.25, -0.2) is 0 Å².